The van der Waals surface area contributed by atoms with Crippen molar-refractivity contribution >= 4 is 11.9 Å². The lowest BCUT2D eigenvalue weighted by molar-refractivity contribution is -0.132. The van der Waals surface area contributed by atoms with Crippen molar-refractivity contribution in [1.29, 1.82) is 0 Å². The van der Waals surface area contributed by atoms with Gasteiger partial charge in [-0.25, -0.2) is 4.79 Å². The maximum Gasteiger partial charge on any atom is 0.325 e. The number of rotatable bonds is 4. The average Bonchev–Trinajstić information content (AvgIpc) is 3.02. The third-order valence-corrected chi connectivity index (χ3v) is 4.67. The normalized spacial score (nSPS) is 26.3. The van der Waals surface area contributed by atoms with Gasteiger partial charge in [-0.2, -0.15) is 0 Å². The number of likely N-dealkylation sites (tertiary alicyclic amines) is 1. The number of hydrogen-bond acceptors (Lipinski definition) is 4. The molecular formula is C17H23N3O3. The second-order valence-electron chi connectivity index (χ2n) is 6.69. The number of nitrogens with zero attached hydrogens (tertiary/aromatic N) is 2. The highest BCUT2D eigenvalue weighted by atomic mass is 16.3. The van der Waals surface area contributed by atoms with Crippen LogP contribution in [-0.2, 0) is 4.79 Å². The first kappa shape index (κ1) is 16.0. The Kier molecular flexibility index (Phi) is 4.12. The predicted molar refractivity (Wildman–Crippen MR) is 85.7 cm³/mol. The SMILES string of the molecule is CC(C)N1C(=O)NC2(CCN(CC(O)c3ccccc3)C2)C1=O. The van der Waals surface area contributed by atoms with Crippen molar-refractivity contribution in [2.45, 2.75) is 38.0 Å². The van der Waals surface area contributed by atoms with Gasteiger partial charge in [0, 0.05) is 25.7 Å². The summed E-state index contributed by atoms with van der Waals surface area (Å²) >= 11 is 0. The summed E-state index contributed by atoms with van der Waals surface area (Å²) < 4.78 is 0. The van der Waals surface area contributed by atoms with Crippen molar-refractivity contribution in [3.8, 4) is 0 Å². The Bertz CT molecular complexity index is 604. The van der Waals surface area contributed by atoms with Gasteiger partial charge in [-0.05, 0) is 25.8 Å². The molecule has 1 spiro atoms. The van der Waals surface area contributed by atoms with Crippen molar-refractivity contribution < 1.29 is 14.7 Å². The molecule has 2 unspecified atom stereocenters. The highest BCUT2D eigenvalue weighted by Crippen LogP contribution is 2.30. The molecule has 23 heavy (non-hydrogen) atoms. The number of amides is 3. The topological polar surface area (TPSA) is 72.9 Å². The van der Waals surface area contributed by atoms with Gasteiger partial charge >= 0.3 is 6.03 Å². The number of imide groups is 1. The molecule has 2 atom stereocenters. The van der Waals surface area contributed by atoms with Crippen LogP contribution in [0.5, 0.6) is 0 Å². The van der Waals surface area contributed by atoms with Crippen LogP contribution < -0.4 is 5.32 Å². The van der Waals surface area contributed by atoms with Gasteiger partial charge in [-0.3, -0.25) is 14.6 Å². The van der Waals surface area contributed by atoms with Crippen molar-refractivity contribution in [2.75, 3.05) is 19.6 Å². The summed E-state index contributed by atoms with van der Waals surface area (Å²) in [6.07, 6.45) is -0.0118. The van der Waals surface area contributed by atoms with E-state index in [0.29, 0.717) is 26.1 Å². The maximum absolute atomic E-state index is 12.6. The quantitative estimate of drug-likeness (QED) is 0.817. The fraction of sp³-hybridized carbons (Fsp3) is 0.529. The first-order chi connectivity index (χ1) is 10.9. The van der Waals surface area contributed by atoms with Gasteiger partial charge < -0.3 is 10.4 Å². The van der Waals surface area contributed by atoms with Crippen LogP contribution in [0, 0.1) is 0 Å². The lowest BCUT2D eigenvalue weighted by Gasteiger charge is -2.24. The lowest BCUT2D eigenvalue weighted by atomic mass is 9.98. The third kappa shape index (κ3) is 2.84. The van der Waals surface area contributed by atoms with Crippen LogP contribution in [0.1, 0.15) is 31.9 Å². The lowest BCUT2D eigenvalue weighted by Crippen LogP contribution is -2.50. The van der Waals surface area contributed by atoms with E-state index in [2.05, 4.69) is 5.32 Å². The zero-order valence-electron chi connectivity index (χ0n) is 13.5. The number of carbonyl (C=O) groups excluding carboxylic acids is 2. The van der Waals surface area contributed by atoms with Crippen molar-refractivity contribution in [3.63, 3.8) is 0 Å². The van der Waals surface area contributed by atoms with Crippen LogP contribution in [0.2, 0.25) is 0 Å². The molecule has 2 heterocycles. The molecule has 3 amide bonds. The molecule has 1 aromatic rings. The van der Waals surface area contributed by atoms with Gasteiger partial charge in [-0.1, -0.05) is 30.3 Å². The number of aliphatic hydroxyl groups excluding tert-OH is 1. The van der Waals surface area contributed by atoms with Crippen LogP contribution in [0.4, 0.5) is 4.79 Å². The summed E-state index contributed by atoms with van der Waals surface area (Å²) in [7, 11) is 0. The molecule has 1 aromatic carbocycles. The molecule has 0 aromatic heterocycles. The molecule has 2 aliphatic heterocycles. The van der Waals surface area contributed by atoms with E-state index in [-0.39, 0.29) is 18.0 Å². The van der Waals surface area contributed by atoms with E-state index in [9.17, 15) is 14.7 Å². The van der Waals surface area contributed by atoms with Crippen LogP contribution in [0.3, 0.4) is 0 Å². The van der Waals surface area contributed by atoms with E-state index in [1.54, 1.807) is 0 Å². The summed E-state index contributed by atoms with van der Waals surface area (Å²) in [6.45, 7) is 5.26. The number of β-amino-alcohol motifs (C(OH)–C–C–N with tert-alkyl or cyclic N) is 1. The van der Waals surface area contributed by atoms with Crippen LogP contribution in [0.25, 0.3) is 0 Å². The van der Waals surface area contributed by atoms with Crippen molar-refractivity contribution in [3.05, 3.63) is 35.9 Å². The summed E-state index contributed by atoms with van der Waals surface area (Å²) in [6, 6.07) is 9.02. The van der Waals surface area contributed by atoms with Gasteiger partial charge in [-0.15, -0.1) is 0 Å². The Morgan fingerprint density at radius 3 is 2.57 bits per heavy atom. The highest BCUT2D eigenvalue weighted by molar-refractivity contribution is 6.07. The smallest absolute Gasteiger partial charge is 0.325 e. The zero-order chi connectivity index (χ0) is 16.6. The largest absolute Gasteiger partial charge is 0.387 e. The highest BCUT2D eigenvalue weighted by Gasteiger charge is 2.55. The minimum absolute atomic E-state index is 0.144. The van der Waals surface area contributed by atoms with Gasteiger partial charge in [0.25, 0.3) is 5.91 Å². The molecule has 2 N–H and O–H groups in total. The fourth-order valence-electron chi connectivity index (χ4n) is 3.46. The monoisotopic (exact) mass is 317 g/mol. The fourth-order valence-corrected chi connectivity index (χ4v) is 3.46. The molecule has 2 saturated heterocycles. The third-order valence-electron chi connectivity index (χ3n) is 4.67. The summed E-state index contributed by atoms with van der Waals surface area (Å²) in [5.74, 6) is -0.144. The van der Waals surface area contributed by atoms with Gasteiger partial charge in [0.15, 0.2) is 0 Å². The van der Waals surface area contributed by atoms with Crippen LogP contribution >= 0.6 is 0 Å². The number of urea groups is 1. The minimum Gasteiger partial charge on any atom is -0.387 e. The molecule has 2 aliphatic rings. The van der Waals surface area contributed by atoms with E-state index in [0.717, 1.165) is 5.56 Å². The minimum atomic E-state index is -0.822. The number of nitrogens with one attached hydrogen (secondary N) is 1. The number of benzene rings is 1. The van der Waals surface area contributed by atoms with E-state index in [1.807, 2.05) is 49.1 Å². The molecule has 0 aliphatic carbocycles. The van der Waals surface area contributed by atoms with Crippen molar-refractivity contribution in [2.24, 2.45) is 0 Å². The standard InChI is InChI=1S/C17H23N3O3/c1-12(2)20-15(22)17(18-16(20)23)8-9-19(11-17)10-14(21)13-6-4-3-5-7-13/h3-7,12,14,21H,8-11H2,1-2H3,(H,18,23). The van der Waals surface area contributed by atoms with Gasteiger partial charge in [0.1, 0.15) is 5.54 Å². The van der Waals surface area contributed by atoms with E-state index in [1.165, 1.54) is 4.90 Å². The molecule has 3 rings (SSSR count). The molecule has 2 fully saturated rings. The second-order valence-corrected chi connectivity index (χ2v) is 6.69. The Hall–Kier alpha value is -1.92. The van der Waals surface area contributed by atoms with Crippen LogP contribution in [0.15, 0.2) is 30.3 Å². The molecule has 6 nitrogen and oxygen atoms in total. The summed E-state index contributed by atoms with van der Waals surface area (Å²) in [5.41, 5.74) is 0.0386. The first-order valence-corrected chi connectivity index (χ1v) is 8.04. The Labute approximate surface area is 136 Å². The Balaban J connectivity index is 1.67. The van der Waals surface area contributed by atoms with Crippen LogP contribution in [-0.4, -0.2) is 58.1 Å². The number of aliphatic hydroxyl groups is 1. The summed E-state index contributed by atoms with van der Waals surface area (Å²) in [5, 5.41) is 13.2. The second kappa shape index (κ2) is 5.94. The maximum atomic E-state index is 12.6. The number of carbonyl (C=O) groups is 2. The molecule has 6 heteroatoms. The Morgan fingerprint density at radius 1 is 1.26 bits per heavy atom. The Morgan fingerprint density at radius 2 is 1.96 bits per heavy atom. The molecule has 124 valence electrons. The molecule has 0 bridgehead atoms. The average molecular weight is 317 g/mol. The predicted octanol–water partition coefficient (Wildman–Crippen LogP) is 1.12. The molecule has 0 saturated carbocycles. The van der Waals surface area contributed by atoms with Gasteiger partial charge in [0.05, 0.1) is 6.10 Å². The zero-order valence-corrected chi connectivity index (χ0v) is 13.5. The molecule has 0 radical (unpaired) electrons. The van der Waals surface area contributed by atoms with Gasteiger partial charge in [0.2, 0.25) is 0 Å². The summed E-state index contributed by atoms with van der Waals surface area (Å²) in [4.78, 5) is 28.0. The van der Waals surface area contributed by atoms with E-state index < -0.39 is 11.6 Å². The number of hydrogen-bond donors (Lipinski definition) is 2. The van der Waals surface area contributed by atoms with E-state index >= 15 is 0 Å². The van der Waals surface area contributed by atoms with Crippen molar-refractivity contribution in [1.82, 2.24) is 15.1 Å². The van der Waals surface area contributed by atoms with E-state index in [4.69, 9.17) is 0 Å². The first-order valence-electron chi connectivity index (χ1n) is 8.04. The molecular weight excluding hydrogens is 294 g/mol.